The largest absolute Gasteiger partial charge is 0.488 e. The fraction of sp³-hybridized carbons (Fsp3) is 0.167. The summed E-state index contributed by atoms with van der Waals surface area (Å²) >= 11 is 15.7. The Morgan fingerprint density at radius 3 is 2.81 bits per heavy atom. The van der Waals surface area contributed by atoms with Crippen LogP contribution < -0.4 is 10.1 Å². The molecule has 0 amide bonds. The molecule has 3 aromatic rings. The Hall–Kier alpha value is -2.09. The number of ether oxygens (including phenoxy) is 1. The van der Waals surface area contributed by atoms with Gasteiger partial charge in [-0.1, -0.05) is 56.4 Å². The molecule has 0 unspecified atom stereocenters. The molecule has 6 nitrogen and oxygen atoms in total. The number of halogens is 3. The Labute approximate surface area is 175 Å². The first-order chi connectivity index (χ1) is 13.1. The highest BCUT2D eigenvalue weighted by Gasteiger charge is 2.10. The van der Waals surface area contributed by atoms with Crippen LogP contribution in [0.1, 0.15) is 11.1 Å². The number of hydrogen-bond donors (Lipinski definition) is 1. The summed E-state index contributed by atoms with van der Waals surface area (Å²) < 4.78 is 8.55. The van der Waals surface area contributed by atoms with E-state index in [1.165, 1.54) is 0 Å². The van der Waals surface area contributed by atoms with Gasteiger partial charge in [0.1, 0.15) is 12.4 Å². The van der Waals surface area contributed by atoms with Crippen LogP contribution in [0.15, 0.2) is 53.5 Å². The van der Waals surface area contributed by atoms with Gasteiger partial charge >= 0.3 is 0 Å². The van der Waals surface area contributed by atoms with Crippen LogP contribution in [-0.4, -0.2) is 20.2 Å². The summed E-state index contributed by atoms with van der Waals surface area (Å²) in [5.74, 6) is 1.29. The van der Waals surface area contributed by atoms with Gasteiger partial charge in [-0.2, -0.15) is 0 Å². The van der Waals surface area contributed by atoms with E-state index >= 15 is 0 Å². The second kappa shape index (κ2) is 9.21. The number of benzene rings is 2. The van der Waals surface area contributed by atoms with Crippen LogP contribution in [0.2, 0.25) is 10.0 Å². The maximum Gasteiger partial charge on any atom is 0.243 e. The quantitative estimate of drug-likeness (QED) is 0.465. The van der Waals surface area contributed by atoms with Crippen molar-refractivity contribution in [2.75, 3.05) is 5.32 Å². The van der Waals surface area contributed by atoms with E-state index in [1.54, 1.807) is 22.9 Å². The summed E-state index contributed by atoms with van der Waals surface area (Å²) in [6.07, 6.45) is 1.73. The smallest absolute Gasteiger partial charge is 0.243 e. The van der Waals surface area contributed by atoms with Crippen LogP contribution in [0.4, 0.5) is 5.95 Å². The van der Waals surface area contributed by atoms with E-state index in [1.807, 2.05) is 24.3 Å². The van der Waals surface area contributed by atoms with E-state index in [9.17, 15) is 0 Å². The zero-order valence-corrected chi connectivity index (χ0v) is 17.3. The first-order valence-corrected chi connectivity index (χ1v) is 9.58. The monoisotopic (exact) mass is 467 g/mol. The van der Waals surface area contributed by atoms with Gasteiger partial charge in [0.15, 0.2) is 0 Å². The Morgan fingerprint density at radius 2 is 2.04 bits per heavy atom. The van der Waals surface area contributed by atoms with Gasteiger partial charge in [-0.3, -0.25) is 0 Å². The second-order valence-electron chi connectivity index (χ2n) is 5.60. The third-order valence-corrected chi connectivity index (χ3v) is 4.77. The van der Waals surface area contributed by atoms with E-state index in [2.05, 4.69) is 43.4 Å². The van der Waals surface area contributed by atoms with Crippen molar-refractivity contribution < 1.29 is 4.74 Å². The standard InChI is InChI=1S/C18H16BrCl2N5O/c1-2-7-26-18(23-24-25-26)22-10-13-8-14(19)4-6-17(13)27-11-12-3-5-15(20)9-16(12)21/h2-6,8-9H,1,7,10-11H2,(H,22,23,25). The molecule has 140 valence electrons. The first kappa shape index (κ1) is 19.7. The van der Waals surface area contributed by atoms with Gasteiger partial charge in [-0.25, -0.2) is 4.68 Å². The summed E-state index contributed by atoms with van der Waals surface area (Å²) in [5.41, 5.74) is 1.81. The molecule has 3 rings (SSSR count). The number of tetrazole rings is 1. The van der Waals surface area contributed by atoms with Gasteiger partial charge < -0.3 is 10.1 Å². The number of nitrogens with one attached hydrogen (secondary N) is 1. The minimum atomic E-state index is 0.332. The summed E-state index contributed by atoms with van der Waals surface area (Å²) in [5, 5.41) is 15.9. The number of aromatic nitrogens is 4. The third-order valence-electron chi connectivity index (χ3n) is 3.69. The molecule has 0 saturated carbocycles. The van der Waals surface area contributed by atoms with Crippen LogP contribution in [-0.2, 0) is 19.7 Å². The molecule has 0 aliphatic heterocycles. The zero-order valence-electron chi connectivity index (χ0n) is 14.2. The van der Waals surface area contributed by atoms with Crippen LogP contribution >= 0.6 is 39.1 Å². The van der Waals surface area contributed by atoms with Crippen LogP contribution in [0.5, 0.6) is 5.75 Å². The number of allylic oxidation sites excluding steroid dienone is 1. The average Bonchev–Trinajstić information content (AvgIpc) is 3.08. The predicted octanol–water partition coefficient (Wildman–Crippen LogP) is 5.12. The van der Waals surface area contributed by atoms with Crippen molar-refractivity contribution in [3.63, 3.8) is 0 Å². The molecule has 0 bridgehead atoms. The SMILES string of the molecule is C=CCn1nnnc1NCc1cc(Br)ccc1OCc1ccc(Cl)cc1Cl. The molecule has 0 radical (unpaired) electrons. The zero-order chi connectivity index (χ0) is 19.2. The lowest BCUT2D eigenvalue weighted by atomic mass is 10.2. The molecule has 0 aliphatic rings. The highest BCUT2D eigenvalue weighted by molar-refractivity contribution is 9.10. The first-order valence-electron chi connectivity index (χ1n) is 8.03. The van der Waals surface area contributed by atoms with Gasteiger partial charge in [0.05, 0.1) is 6.54 Å². The molecule has 2 aromatic carbocycles. The average molecular weight is 469 g/mol. The van der Waals surface area contributed by atoms with Crippen molar-refractivity contribution in [1.29, 1.82) is 0 Å². The summed E-state index contributed by atoms with van der Waals surface area (Å²) in [6.45, 7) is 5.04. The minimum Gasteiger partial charge on any atom is -0.488 e. The molecule has 27 heavy (non-hydrogen) atoms. The van der Waals surface area contributed by atoms with Gasteiger partial charge in [0.2, 0.25) is 5.95 Å². The molecule has 0 aliphatic carbocycles. The lowest BCUT2D eigenvalue weighted by Gasteiger charge is -2.14. The van der Waals surface area contributed by atoms with Gasteiger partial charge in [-0.05, 0) is 40.8 Å². The molecule has 1 aromatic heterocycles. The van der Waals surface area contributed by atoms with Crippen molar-refractivity contribution in [3.05, 3.63) is 74.7 Å². The van der Waals surface area contributed by atoms with Crippen LogP contribution in [0.3, 0.4) is 0 Å². The van der Waals surface area contributed by atoms with Crippen molar-refractivity contribution in [3.8, 4) is 5.75 Å². The fourth-order valence-corrected chi connectivity index (χ4v) is 3.24. The third kappa shape index (κ3) is 5.22. The fourth-order valence-electron chi connectivity index (χ4n) is 2.37. The summed E-state index contributed by atoms with van der Waals surface area (Å²) in [7, 11) is 0. The van der Waals surface area contributed by atoms with Crippen molar-refractivity contribution in [2.45, 2.75) is 19.7 Å². The Balaban J connectivity index is 1.72. The van der Waals surface area contributed by atoms with E-state index in [-0.39, 0.29) is 0 Å². The molecule has 1 heterocycles. The highest BCUT2D eigenvalue weighted by Crippen LogP contribution is 2.27. The van der Waals surface area contributed by atoms with Gasteiger partial charge in [0, 0.05) is 32.2 Å². The minimum absolute atomic E-state index is 0.332. The van der Waals surface area contributed by atoms with Crippen molar-refractivity contribution >= 4 is 45.1 Å². The molecule has 1 N–H and O–H groups in total. The van der Waals surface area contributed by atoms with E-state index in [4.69, 9.17) is 27.9 Å². The molecule has 0 saturated heterocycles. The van der Waals surface area contributed by atoms with Gasteiger partial charge in [-0.15, -0.1) is 6.58 Å². The molecular weight excluding hydrogens is 453 g/mol. The Kier molecular flexibility index (Phi) is 6.71. The van der Waals surface area contributed by atoms with Gasteiger partial charge in [0.25, 0.3) is 0 Å². The Morgan fingerprint density at radius 1 is 1.19 bits per heavy atom. The topological polar surface area (TPSA) is 64.9 Å². The summed E-state index contributed by atoms with van der Waals surface area (Å²) in [6, 6.07) is 11.1. The number of nitrogens with zero attached hydrogens (tertiary/aromatic N) is 4. The maximum atomic E-state index is 6.22. The van der Waals surface area contributed by atoms with Crippen molar-refractivity contribution in [1.82, 2.24) is 20.2 Å². The highest BCUT2D eigenvalue weighted by atomic mass is 79.9. The predicted molar refractivity (Wildman–Crippen MR) is 110 cm³/mol. The van der Waals surface area contributed by atoms with E-state index in [0.29, 0.717) is 35.7 Å². The normalized spacial score (nSPS) is 10.6. The van der Waals surface area contributed by atoms with Crippen LogP contribution in [0, 0.1) is 0 Å². The molecule has 9 heteroatoms. The second-order valence-corrected chi connectivity index (χ2v) is 7.36. The molecule has 0 fully saturated rings. The number of hydrogen-bond acceptors (Lipinski definition) is 5. The summed E-state index contributed by atoms with van der Waals surface area (Å²) in [4.78, 5) is 0. The number of anilines is 1. The maximum absolute atomic E-state index is 6.22. The van der Waals surface area contributed by atoms with Crippen LogP contribution in [0.25, 0.3) is 0 Å². The molecule has 0 spiro atoms. The molecular formula is C18H16BrCl2N5O. The molecule has 0 atom stereocenters. The Bertz CT molecular complexity index is 947. The lowest BCUT2D eigenvalue weighted by molar-refractivity contribution is 0.303. The number of rotatable bonds is 8. The van der Waals surface area contributed by atoms with E-state index < -0.39 is 0 Å². The van der Waals surface area contributed by atoms with Crippen molar-refractivity contribution in [2.24, 2.45) is 0 Å². The lowest BCUT2D eigenvalue weighted by Crippen LogP contribution is -2.09. The van der Waals surface area contributed by atoms with E-state index in [0.717, 1.165) is 21.3 Å².